The molecule has 0 aromatic heterocycles. The first-order valence-electron chi connectivity index (χ1n) is 3.99. The second-order valence-electron chi connectivity index (χ2n) is 2.38. The fraction of sp³-hybridized carbons (Fsp3) is 1.00. The molecular weight excluding hydrogens is 187 g/mol. The number of rotatable bonds is 6. The molecule has 0 rings (SSSR count). The van der Waals surface area contributed by atoms with E-state index >= 15 is 0 Å². The van der Waals surface area contributed by atoms with Crippen LogP contribution in [0.15, 0.2) is 0 Å². The fourth-order valence-corrected chi connectivity index (χ4v) is 1.80. The molecule has 0 aliphatic carbocycles. The zero-order chi connectivity index (χ0) is 8.74. The third-order valence-corrected chi connectivity index (χ3v) is 2.68. The summed E-state index contributed by atoms with van der Waals surface area (Å²) in [4.78, 5) is 0. The van der Waals surface area contributed by atoms with Crippen LogP contribution < -0.4 is 0 Å². The molecule has 12 heavy (non-hydrogen) atoms. The van der Waals surface area contributed by atoms with Crippen molar-refractivity contribution in [2.24, 2.45) is 0 Å². The molecule has 0 spiro atoms. The standard InChI is InChI=1S/C7H16O3S.Na.H/c1-3-5-6-7-11(8,9)10-4-2;;/h3-7H2,1-2H3;;. The van der Waals surface area contributed by atoms with Crippen molar-refractivity contribution in [1.82, 2.24) is 0 Å². The maximum absolute atomic E-state index is 10.9. The molecule has 0 aliphatic rings. The van der Waals surface area contributed by atoms with Gasteiger partial charge in [0.15, 0.2) is 0 Å². The van der Waals surface area contributed by atoms with Gasteiger partial charge >= 0.3 is 29.6 Å². The minimum atomic E-state index is -3.20. The summed E-state index contributed by atoms with van der Waals surface area (Å²) < 4.78 is 26.3. The zero-order valence-electron chi connectivity index (χ0n) is 7.17. The average Bonchev–Trinajstić information content (AvgIpc) is 1.87. The van der Waals surface area contributed by atoms with Gasteiger partial charge in [-0.15, -0.1) is 0 Å². The molecule has 70 valence electrons. The minimum absolute atomic E-state index is 0. The fourth-order valence-electron chi connectivity index (χ4n) is 0.767. The number of hydrogen-bond donors (Lipinski definition) is 0. The molecule has 0 heterocycles. The molecule has 0 atom stereocenters. The molecular formula is C7H17NaO3S. The van der Waals surface area contributed by atoms with E-state index in [4.69, 9.17) is 0 Å². The quantitative estimate of drug-likeness (QED) is 0.367. The molecule has 0 amide bonds. The first-order chi connectivity index (χ1) is 5.12. The van der Waals surface area contributed by atoms with Crippen LogP contribution in [0.1, 0.15) is 33.1 Å². The maximum atomic E-state index is 10.9. The number of unbranched alkanes of at least 4 members (excludes halogenated alkanes) is 2. The van der Waals surface area contributed by atoms with Crippen molar-refractivity contribution in [2.45, 2.75) is 33.1 Å². The van der Waals surface area contributed by atoms with E-state index < -0.39 is 10.1 Å². The molecule has 0 aromatic rings. The van der Waals surface area contributed by atoms with Gasteiger partial charge in [0.2, 0.25) is 0 Å². The van der Waals surface area contributed by atoms with Gasteiger partial charge in [0, 0.05) is 0 Å². The summed E-state index contributed by atoms with van der Waals surface area (Å²) >= 11 is 0. The van der Waals surface area contributed by atoms with Crippen LogP contribution >= 0.6 is 0 Å². The molecule has 0 saturated carbocycles. The summed E-state index contributed by atoms with van der Waals surface area (Å²) in [6.07, 6.45) is 2.69. The molecule has 0 aliphatic heterocycles. The predicted molar refractivity (Wildman–Crippen MR) is 52.1 cm³/mol. The monoisotopic (exact) mass is 204 g/mol. The van der Waals surface area contributed by atoms with Crippen LogP contribution in [0.3, 0.4) is 0 Å². The van der Waals surface area contributed by atoms with Gasteiger partial charge in [-0.25, -0.2) is 0 Å². The SMILES string of the molecule is CCCCCS(=O)(=O)OCC.[NaH]. The molecule has 3 nitrogen and oxygen atoms in total. The van der Waals surface area contributed by atoms with Crippen molar-refractivity contribution in [3.63, 3.8) is 0 Å². The van der Waals surface area contributed by atoms with Crippen LogP contribution in [0.5, 0.6) is 0 Å². The van der Waals surface area contributed by atoms with Crippen molar-refractivity contribution in [1.29, 1.82) is 0 Å². The van der Waals surface area contributed by atoms with Gasteiger partial charge in [-0.3, -0.25) is 4.18 Å². The third kappa shape index (κ3) is 9.00. The van der Waals surface area contributed by atoms with Crippen LogP contribution in [0.25, 0.3) is 0 Å². The van der Waals surface area contributed by atoms with Crippen LogP contribution in [-0.4, -0.2) is 50.3 Å². The van der Waals surface area contributed by atoms with Gasteiger partial charge in [-0.1, -0.05) is 19.8 Å². The van der Waals surface area contributed by atoms with E-state index in [1.165, 1.54) is 0 Å². The Hall–Kier alpha value is 0.910. The van der Waals surface area contributed by atoms with Crippen LogP contribution in [0.2, 0.25) is 0 Å². The van der Waals surface area contributed by atoms with Gasteiger partial charge < -0.3 is 0 Å². The first-order valence-corrected chi connectivity index (χ1v) is 5.57. The summed E-state index contributed by atoms with van der Waals surface area (Å²) in [6, 6.07) is 0. The topological polar surface area (TPSA) is 43.4 Å². The Morgan fingerprint density at radius 1 is 1.17 bits per heavy atom. The molecule has 0 saturated heterocycles. The van der Waals surface area contributed by atoms with Gasteiger partial charge in [0.25, 0.3) is 10.1 Å². The van der Waals surface area contributed by atoms with Crippen molar-refractivity contribution < 1.29 is 12.6 Å². The van der Waals surface area contributed by atoms with E-state index in [1.54, 1.807) is 6.92 Å². The van der Waals surface area contributed by atoms with Crippen LogP contribution in [-0.2, 0) is 14.3 Å². The van der Waals surface area contributed by atoms with E-state index in [0.29, 0.717) is 6.42 Å². The third-order valence-electron chi connectivity index (χ3n) is 1.30. The average molecular weight is 204 g/mol. The molecule has 0 unspecified atom stereocenters. The van der Waals surface area contributed by atoms with Gasteiger partial charge in [0.05, 0.1) is 12.4 Å². The zero-order valence-corrected chi connectivity index (χ0v) is 7.99. The van der Waals surface area contributed by atoms with E-state index in [9.17, 15) is 8.42 Å². The van der Waals surface area contributed by atoms with E-state index in [2.05, 4.69) is 4.18 Å². The van der Waals surface area contributed by atoms with E-state index in [-0.39, 0.29) is 41.9 Å². The molecule has 0 aromatic carbocycles. The second kappa shape index (κ2) is 8.51. The molecule has 0 N–H and O–H groups in total. The summed E-state index contributed by atoms with van der Waals surface area (Å²) in [5, 5.41) is 0. The van der Waals surface area contributed by atoms with Gasteiger partial charge in [0.1, 0.15) is 0 Å². The van der Waals surface area contributed by atoms with Crippen molar-refractivity contribution in [2.75, 3.05) is 12.4 Å². The summed E-state index contributed by atoms with van der Waals surface area (Å²) in [6.45, 7) is 3.96. The Kier molecular flexibility index (Phi) is 10.9. The molecule has 0 fully saturated rings. The summed E-state index contributed by atoms with van der Waals surface area (Å²) in [5.74, 6) is 0.161. The van der Waals surface area contributed by atoms with E-state index in [1.807, 2.05) is 6.92 Å². The van der Waals surface area contributed by atoms with Crippen molar-refractivity contribution in [3.8, 4) is 0 Å². The van der Waals surface area contributed by atoms with Gasteiger partial charge in [-0.2, -0.15) is 8.42 Å². The normalized spacial score (nSPS) is 10.8. The molecule has 0 radical (unpaired) electrons. The van der Waals surface area contributed by atoms with Crippen molar-refractivity contribution in [3.05, 3.63) is 0 Å². The van der Waals surface area contributed by atoms with Crippen LogP contribution in [0.4, 0.5) is 0 Å². The molecule has 0 bridgehead atoms. The van der Waals surface area contributed by atoms with Crippen molar-refractivity contribution >= 4 is 39.7 Å². The summed E-state index contributed by atoms with van der Waals surface area (Å²) in [5.41, 5.74) is 0. The van der Waals surface area contributed by atoms with Gasteiger partial charge in [-0.05, 0) is 13.3 Å². The van der Waals surface area contributed by atoms with Crippen LogP contribution in [0, 0.1) is 0 Å². The van der Waals surface area contributed by atoms with E-state index in [0.717, 1.165) is 12.8 Å². The second-order valence-corrected chi connectivity index (χ2v) is 4.13. The predicted octanol–water partition coefficient (Wildman–Crippen LogP) is 0.894. The molecule has 5 heteroatoms. The Balaban J connectivity index is 0. The Labute approximate surface area is 97.3 Å². The Morgan fingerprint density at radius 3 is 2.17 bits per heavy atom. The Morgan fingerprint density at radius 2 is 1.75 bits per heavy atom. The summed E-state index contributed by atoms with van der Waals surface area (Å²) in [7, 11) is -3.20. The first kappa shape index (κ1) is 15.4. The Bertz CT molecular complexity index is 177. The number of hydrogen-bond acceptors (Lipinski definition) is 3.